The molecule has 0 aliphatic heterocycles. The van der Waals surface area contributed by atoms with E-state index in [1.807, 2.05) is 84.9 Å². The molecule has 0 aliphatic rings. The molecule has 6 heteroatoms. The number of anilines is 1. The van der Waals surface area contributed by atoms with E-state index in [2.05, 4.69) is 5.32 Å². The fourth-order valence-corrected chi connectivity index (χ4v) is 4.10. The fraction of sp³-hybridized carbons (Fsp3) is 0.143. The van der Waals surface area contributed by atoms with E-state index < -0.39 is 13.4 Å². The maximum atomic E-state index is 13.2. The molecule has 1 N–H and O–H groups in total. The normalized spacial score (nSPS) is 12.4. The van der Waals surface area contributed by atoms with Gasteiger partial charge < -0.3 is 19.1 Å². The molecule has 0 fully saturated rings. The third-order valence-corrected chi connectivity index (χ3v) is 6.13. The first kappa shape index (κ1) is 19.2. The second kappa shape index (κ2) is 8.87. The Kier molecular flexibility index (Phi) is 6.30. The van der Waals surface area contributed by atoms with Gasteiger partial charge in [0.15, 0.2) is 5.78 Å². The number of hydrogen-bond donors (Lipinski definition) is 1. The average molecular weight is 383 g/mol. The number of rotatable bonds is 8. The molecule has 0 spiro atoms. The van der Waals surface area contributed by atoms with Crippen LogP contribution in [0.1, 0.15) is 11.3 Å². The maximum Gasteiger partial charge on any atom is 0.356 e. The highest BCUT2D eigenvalue weighted by atomic mass is 31.2. The maximum absolute atomic E-state index is 13.2. The van der Waals surface area contributed by atoms with Crippen LogP contribution in [0.4, 0.5) is 5.69 Å². The SMILES string of the molecule is COP(=O)(OC)C(Nc1ccccc1)c1cccc(Oc2ccccc2)c1. The highest BCUT2D eigenvalue weighted by Gasteiger charge is 2.35. The van der Waals surface area contributed by atoms with Crippen LogP contribution in [-0.2, 0) is 13.6 Å². The van der Waals surface area contributed by atoms with Crippen LogP contribution in [0.5, 0.6) is 11.5 Å². The van der Waals surface area contributed by atoms with Crippen LogP contribution in [0.3, 0.4) is 0 Å². The van der Waals surface area contributed by atoms with Crippen LogP contribution in [-0.4, -0.2) is 14.2 Å². The molecular weight excluding hydrogens is 361 g/mol. The van der Waals surface area contributed by atoms with Crippen LogP contribution in [0.25, 0.3) is 0 Å². The van der Waals surface area contributed by atoms with E-state index in [-0.39, 0.29) is 0 Å². The predicted molar refractivity (Wildman–Crippen MR) is 107 cm³/mol. The minimum absolute atomic E-state index is 0.636. The Morgan fingerprint density at radius 3 is 2.00 bits per heavy atom. The summed E-state index contributed by atoms with van der Waals surface area (Å²) in [5.74, 6) is 0.676. The van der Waals surface area contributed by atoms with Gasteiger partial charge in [0.2, 0.25) is 0 Å². The Bertz CT molecular complexity index is 894. The van der Waals surface area contributed by atoms with Crippen molar-refractivity contribution >= 4 is 13.3 Å². The van der Waals surface area contributed by atoms with Gasteiger partial charge in [0, 0.05) is 19.9 Å². The van der Waals surface area contributed by atoms with Gasteiger partial charge in [-0.3, -0.25) is 4.57 Å². The van der Waals surface area contributed by atoms with Gasteiger partial charge in [0.05, 0.1) is 0 Å². The third-order valence-electron chi connectivity index (χ3n) is 4.06. The topological polar surface area (TPSA) is 56.8 Å². The van der Waals surface area contributed by atoms with Crippen molar-refractivity contribution in [2.24, 2.45) is 0 Å². The van der Waals surface area contributed by atoms with Crippen molar-refractivity contribution in [1.29, 1.82) is 0 Å². The summed E-state index contributed by atoms with van der Waals surface area (Å²) < 4.78 is 29.6. The Balaban J connectivity index is 1.94. The molecule has 0 saturated heterocycles. The molecule has 0 heterocycles. The van der Waals surface area contributed by atoms with Crippen molar-refractivity contribution in [3.05, 3.63) is 90.5 Å². The van der Waals surface area contributed by atoms with Crippen molar-refractivity contribution in [3.63, 3.8) is 0 Å². The highest BCUT2D eigenvalue weighted by molar-refractivity contribution is 7.54. The lowest BCUT2D eigenvalue weighted by Gasteiger charge is -2.26. The predicted octanol–water partition coefficient (Wildman–Crippen LogP) is 6.08. The minimum atomic E-state index is -3.45. The van der Waals surface area contributed by atoms with Crippen LogP contribution >= 0.6 is 7.60 Å². The average Bonchev–Trinajstić information content (AvgIpc) is 2.73. The molecule has 27 heavy (non-hydrogen) atoms. The van der Waals surface area contributed by atoms with Crippen molar-refractivity contribution in [3.8, 4) is 11.5 Å². The zero-order valence-corrected chi connectivity index (χ0v) is 16.1. The molecule has 0 amide bonds. The van der Waals surface area contributed by atoms with Crippen molar-refractivity contribution in [2.75, 3.05) is 19.5 Å². The first-order chi connectivity index (χ1) is 13.1. The molecule has 0 bridgehead atoms. The van der Waals surface area contributed by atoms with E-state index in [1.54, 1.807) is 0 Å². The van der Waals surface area contributed by atoms with Gasteiger partial charge in [-0.1, -0.05) is 48.5 Å². The minimum Gasteiger partial charge on any atom is -0.457 e. The van der Waals surface area contributed by atoms with Crippen molar-refractivity contribution < 1.29 is 18.3 Å². The quantitative estimate of drug-likeness (QED) is 0.478. The summed E-state index contributed by atoms with van der Waals surface area (Å²) in [6, 6.07) is 26.4. The van der Waals surface area contributed by atoms with Crippen LogP contribution < -0.4 is 10.1 Å². The summed E-state index contributed by atoms with van der Waals surface area (Å²) in [5.41, 5.74) is 1.55. The molecule has 0 radical (unpaired) electrons. The number of hydrogen-bond acceptors (Lipinski definition) is 5. The second-order valence-electron chi connectivity index (χ2n) is 5.81. The van der Waals surface area contributed by atoms with E-state index in [9.17, 15) is 4.57 Å². The molecule has 5 nitrogen and oxygen atoms in total. The van der Waals surface area contributed by atoms with Crippen LogP contribution in [0.15, 0.2) is 84.9 Å². The Labute approximate surface area is 159 Å². The monoisotopic (exact) mass is 383 g/mol. The summed E-state index contributed by atoms with van der Waals surface area (Å²) in [5, 5.41) is 3.26. The molecule has 3 aromatic rings. The molecule has 1 atom stereocenters. The molecule has 0 aliphatic carbocycles. The van der Waals surface area contributed by atoms with Gasteiger partial charge in [0.1, 0.15) is 11.5 Å². The van der Waals surface area contributed by atoms with E-state index in [1.165, 1.54) is 14.2 Å². The number of nitrogens with one attached hydrogen (secondary N) is 1. The first-order valence-electron chi connectivity index (χ1n) is 8.50. The second-order valence-corrected chi connectivity index (χ2v) is 8.13. The molecule has 3 rings (SSSR count). The smallest absolute Gasteiger partial charge is 0.356 e. The number of ether oxygens (including phenoxy) is 1. The molecule has 0 saturated carbocycles. The zero-order chi connectivity index (χ0) is 19.1. The van der Waals surface area contributed by atoms with E-state index in [0.29, 0.717) is 5.75 Å². The van der Waals surface area contributed by atoms with E-state index >= 15 is 0 Å². The summed E-state index contributed by atoms with van der Waals surface area (Å²) in [4.78, 5) is 0. The molecule has 1 unspecified atom stereocenters. The molecule has 0 aromatic heterocycles. The Hall–Kier alpha value is -2.59. The largest absolute Gasteiger partial charge is 0.457 e. The lowest BCUT2D eigenvalue weighted by atomic mass is 10.2. The summed E-state index contributed by atoms with van der Waals surface area (Å²) in [6.07, 6.45) is 0. The Morgan fingerprint density at radius 2 is 1.37 bits per heavy atom. The van der Waals surface area contributed by atoms with Gasteiger partial charge in [-0.25, -0.2) is 0 Å². The molecule has 140 valence electrons. The molecular formula is C21H22NO4P. The first-order valence-corrected chi connectivity index (χ1v) is 10.1. The van der Waals surface area contributed by atoms with E-state index in [0.717, 1.165) is 17.0 Å². The Morgan fingerprint density at radius 1 is 0.778 bits per heavy atom. The molecule has 3 aromatic carbocycles. The lowest BCUT2D eigenvalue weighted by Crippen LogP contribution is -2.13. The summed E-state index contributed by atoms with van der Waals surface area (Å²) >= 11 is 0. The van der Waals surface area contributed by atoms with Crippen LogP contribution in [0.2, 0.25) is 0 Å². The van der Waals surface area contributed by atoms with Gasteiger partial charge in [0.25, 0.3) is 0 Å². The lowest BCUT2D eigenvalue weighted by molar-refractivity contribution is 0.268. The third kappa shape index (κ3) is 4.77. The van der Waals surface area contributed by atoms with Gasteiger partial charge in [-0.2, -0.15) is 0 Å². The van der Waals surface area contributed by atoms with Gasteiger partial charge >= 0.3 is 7.60 Å². The summed E-state index contributed by atoms with van der Waals surface area (Å²) in [7, 11) is -0.681. The summed E-state index contributed by atoms with van der Waals surface area (Å²) in [6.45, 7) is 0. The van der Waals surface area contributed by atoms with Crippen molar-refractivity contribution in [1.82, 2.24) is 0 Å². The standard InChI is InChI=1S/C21H22NO4P/c1-24-27(23,25-2)21(22-18-11-5-3-6-12-18)17-10-9-15-20(16-17)26-19-13-7-4-8-14-19/h3-16,21-22H,1-2H3. The number of para-hydroxylation sites is 2. The van der Waals surface area contributed by atoms with Crippen molar-refractivity contribution in [2.45, 2.75) is 5.78 Å². The zero-order valence-electron chi connectivity index (χ0n) is 15.2. The van der Waals surface area contributed by atoms with E-state index in [4.69, 9.17) is 13.8 Å². The highest BCUT2D eigenvalue weighted by Crippen LogP contribution is 2.59. The van der Waals surface area contributed by atoms with Gasteiger partial charge in [-0.05, 0) is 42.0 Å². The fourth-order valence-electron chi connectivity index (χ4n) is 2.70. The van der Waals surface area contributed by atoms with Crippen LogP contribution in [0, 0.1) is 0 Å². The number of benzene rings is 3. The van der Waals surface area contributed by atoms with Gasteiger partial charge in [-0.15, -0.1) is 0 Å².